The van der Waals surface area contributed by atoms with Crippen molar-refractivity contribution < 1.29 is 19.4 Å². The van der Waals surface area contributed by atoms with Gasteiger partial charge in [0.15, 0.2) is 5.60 Å². The van der Waals surface area contributed by atoms with Crippen molar-refractivity contribution in [1.82, 2.24) is 0 Å². The van der Waals surface area contributed by atoms with Crippen LogP contribution in [0.5, 0.6) is 5.75 Å². The van der Waals surface area contributed by atoms with Gasteiger partial charge in [0.2, 0.25) is 0 Å². The minimum atomic E-state index is -1.12. The molecule has 0 bridgehead atoms. The molecule has 4 N–H and O–H groups in total. The maximum absolute atomic E-state index is 11.7. The van der Waals surface area contributed by atoms with Gasteiger partial charge in [-0.2, -0.15) is 0 Å². The first kappa shape index (κ1) is 12.4. The summed E-state index contributed by atoms with van der Waals surface area (Å²) in [5, 5.41) is 11.5. The van der Waals surface area contributed by atoms with E-state index in [-0.39, 0.29) is 5.91 Å². The van der Waals surface area contributed by atoms with Crippen molar-refractivity contribution in [3.63, 3.8) is 0 Å². The van der Waals surface area contributed by atoms with E-state index in [2.05, 4.69) is 5.32 Å². The highest BCUT2D eigenvalue weighted by molar-refractivity contribution is 6.00. The molecule has 96 valence electrons. The standard InChI is InChI=1S/C12H14N2O4/c1-12(2)11(17)14-7-4-3-6(5-8(7)18-12)9(13)10(15)16/h3-5,9H,13H2,1-2H3,(H,14,17)(H,15,16). The smallest absolute Gasteiger partial charge is 0.325 e. The molecule has 6 heteroatoms. The maximum Gasteiger partial charge on any atom is 0.325 e. The second-order valence-electron chi connectivity index (χ2n) is 4.64. The monoisotopic (exact) mass is 250 g/mol. The van der Waals surface area contributed by atoms with Crippen molar-refractivity contribution in [2.45, 2.75) is 25.5 Å². The quantitative estimate of drug-likeness (QED) is 0.723. The Morgan fingerprint density at radius 3 is 2.78 bits per heavy atom. The Morgan fingerprint density at radius 1 is 1.50 bits per heavy atom. The largest absolute Gasteiger partial charge is 0.480 e. The van der Waals surface area contributed by atoms with Gasteiger partial charge in [-0.05, 0) is 31.5 Å². The number of ether oxygens (including phenoxy) is 1. The molecule has 0 radical (unpaired) electrons. The van der Waals surface area contributed by atoms with Crippen molar-refractivity contribution in [2.75, 3.05) is 5.32 Å². The Bertz CT molecular complexity index is 525. The van der Waals surface area contributed by atoms with Gasteiger partial charge in [0.05, 0.1) is 5.69 Å². The summed E-state index contributed by atoms with van der Waals surface area (Å²) in [5.74, 6) is -0.937. The van der Waals surface area contributed by atoms with Crippen LogP contribution in [0.15, 0.2) is 18.2 Å². The number of carboxylic acids is 1. The number of benzene rings is 1. The molecule has 2 rings (SSSR count). The van der Waals surface area contributed by atoms with Gasteiger partial charge in [-0.3, -0.25) is 9.59 Å². The summed E-state index contributed by atoms with van der Waals surface area (Å²) >= 11 is 0. The number of carboxylic acid groups (broad SMARTS) is 1. The molecule has 1 aliphatic heterocycles. The van der Waals surface area contributed by atoms with Crippen molar-refractivity contribution in [2.24, 2.45) is 5.73 Å². The molecular weight excluding hydrogens is 236 g/mol. The Balaban J connectivity index is 2.39. The number of fused-ring (bicyclic) bond motifs is 1. The second-order valence-corrected chi connectivity index (χ2v) is 4.64. The van der Waals surface area contributed by atoms with E-state index in [9.17, 15) is 9.59 Å². The fourth-order valence-corrected chi connectivity index (χ4v) is 1.66. The zero-order chi connectivity index (χ0) is 13.5. The number of amides is 1. The summed E-state index contributed by atoms with van der Waals surface area (Å²) in [6, 6.07) is 3.56. The summed E-state index contributed by atoms with van der Waals surface area (Å²) in [6.45, 7) is 3.27. The predicted octanol–water partition coefficient (Wildman–Crippen LogP) is 0.880. The molecular formula is C12H14N2O4. The molecule has 1 aromatic rings. The summed E-state index contributed by atoms with van der Waals surface area (Å²) < 4.78 is 5.54. The first-order valence-corrected chi connectivity index (χ1v) is 5.44. The fourth-order valence-electron chi connectivity index (χ4n) is 1.66. The molecule has 0 aliphatic carbocycles. The Morgan fingerprint density at radius 2 is 2.17 bits per heavy atom. The summed E-state index contributed by atoms with van der Waals surface area (Å²) in [4.78, 5) is 22.5. The normalized spacial score (nSPS) is 18.3. The molecule has 0 fully saturated rings. The van der Waals surface area contributed by atoms with Crippen LogP contribution in [-0.4, -0.2) is 22.6 Å². The highest BCUT2D eigenvalue weighted by atomic mass is 16.5. The number of carbonyl (C=O) groups is 2. The third-order valence-corrected chi connectivity index (χ3v) is 2.79. The van der Waals surface area contributed by atoms with Gasteiger partial charge in [-0.15, -0.1) is 0 Å². The predicted molar refractivity (Wildman–Crippen MR) is 64.3 cm³/mol. The van der Waals surface area contributed by atoms with Crippen LogP contribution in [0.2, 0.25) is 0 Å². The zero-order valence-electron chi connectivity index (χ0n) is 10.1. The first-order chi connectivity index (χ1) is 8.31. The zero-order valence-corrected chi connectivity index (χ0v) is 10.1. The molecule has 0 saturated heterocycles. The van der Waals surface area contributed by atoms with E-state index in [0.717, 1.165) is 0 Å². The molecule has 1 heterocycles. The highest BCUT2D eigenvalue weighted by Crippen LogP contribution is 2.35. The van der Waals surface area contributed by atoms with Crippen LogP contribution in [0, 0.1) is 0 Å². The molecule has 1 amide bonds. The number of hydrogen-bond acceptors (Lipinski definition) is 4. The highest BCUT2D eigenvalue weighted by Gasteiger charge is 2.35. The summed E-state index contributed by atoms with van der Waals surface area (Å²) in [6.07, 6.45) is 0. The number of nitrogens with two attached hydrogens (primary N) is 1. The van der Waals surface area contributed by atoms with E-state index in [4.69, 9.17) is 15.6 Å². The van der Waals surface area contributed by atoms with Crippen LogP contribution in [0.1, 0.15) is 25.5 Å². The van der Waals surface area contributed by atoms with Gasteiger partial charge in [0, 0.05) is 0 Å². The van der Waals surface area contributed by atoms with Crippen LogP contribution in [0.3, 0.4) is 0 Å². The van der Waals surface area contributed by atoms with Crippen LogP contribution in [0.25, 0.3) is 0 Å². The lowest BCUT2D eigenvalue weighted by atomic mass is 10.0. The molecule has 0 aromatic heterocycles. The topological polar surface area (TPSA) is 102 Å². The lowest BCUT2D eigenvalue weighted by Crippen LogP contribution is -2.45. The average molecular weight is 250 g/mol. The first-order valence-electron chi connectivity index (χ1n) is 5.44. The molecule has 6 nitrogen and oxygen atoms in total. The molecule has 1 unspecified atom stereocenters. The average Bonchev–Trinajstić information content (AvgIpc) is 2.28. The molecule has 1 atom stereocenters. The van der Waals surface area contributed by atoms with E-state index in [0.29, 0.717) is 17.0 Å². The van der Waals surface area contributed by atoms with Crippen molar-refractivity contribution in [1.29, 1.82) is 0 Å². The SMILES string of the molecule is CC1(C)Oc2cc(C(N)C(=O)O)ccc2NC1=O. The van der Waals surface area contributed by atoms with Gasteiger partial charge in [-0.25, -0.2) is 0 Å². The van der Waals surface area contributed by atoms with Crippen LogP contribution >= 0.6 is 0 Å². The van der Waals surface area contributed by atoms with Crippen molar-refractivity contribution in [3.05, 3.63) is 23.8 Å². The lowest BCUT2D eigenvalue weighted by Gasteiger charge is -2.31. The van der Waals surface area contributed by atoms with Gasteiger partial charge < -0.3 is 20.9 Å². The molecule has 1 aliphatic rings. The molecule has 1 aromatic carbocycles. The minimum Gasteiger partial charge on any atom is -0.480 e. The Kier molecular flexibility index (Phi) is 2.74. The third kappa shape index (κ3) is 2.02. The Labute approximate surface area is 104 Å². The number of anilines is 1. The van der Waals surface area contributed by atoms with Crippen molar-refractivity contribution >= 4 is 17.6 Å². The summed E-state index contributed by atoms with van der Waals surface area (Å²) in [5.41, 5.74) is 5.47. The van der Waals surface area contributed by atoms with E-state index in [1.807, 2.05) is 0 Å². The number of nitrogens with one attached hydrogen (secondary N) is 1. The van der Waals surface area contributed by atoms with Crippen molar-refractivity contribution in [3.8, 4) is 5.75 Å². The fraction of sp³-hybridized carbons (Fsp3) is 0.333. The van der Waals surface area contributed by atoms with E-state index < -0.39 is 17.6 Å². The number of aliphatic carboxylic acids is 1. The summed E-state index contributed by atoms with van der Waals surface area (Å²) in [7, 11) is 0. The van der Waals surface area contributed by atoms with Gasteiger partial charge in [0.1, 0.15) is 11.8 Å². The lowest BCUT2D eigenvalue weighted by molar-refractivity contribution is -0.138. The number of rotatable bonds is 2. The molecule has 0 spiro atoms. The Hall–Kier alpha value is -2.08. The molecule has 18 heavy (non-hydrogen) atoms. The van der Waals surface area contributed by atoms with E-state index in [1.165, 1.54) is 6.07 Å². The number of hydrogen-bond donors (Lipinski definition) is 3. The number of carbonyl (C=O) groups excluding carboxylic acids is 1. The molecule has 0 saturated carbocycles. The maximum atomic E-state index is 11.7. The van der Waals surface area contributed by atoms with Crippen LogP contribution in [-0.2, 0) is 9.59 Å². The third-order valence-electron chi connectivity index (χ3n) is 2.79. The van der Waals surface area contributed by atoms with Crippen LogP contribution in [0.4, 0.5) is 5.69 Å². The second kappa shape index (κ2) is 3.99. The van der Waals surface area contributed by atoms with Gasteiger partial charge in [-0.1, -0.05) is 6.07 Å². The van der Waals surface area contributed by atoms with E-state index >= 15 is 0 Å². The van der Waals surface area contributed by atoms with E-state index in [1.54, 1.807) is 26.0 Å². The van der Waals surface area contributed by atoms with Gasteiger partial charge >= 0.3 is 5.97 Å². The van der Waals surface area contributed by atoms with Gasteiger partial charge in [0.25, 0.3) is 5.91 Å². The minimum absolute atomic E-state index is 0.245. The van der Waals surface area contributed by atoms with Crippen LogP contribution < -0.4 is 15.8 Å².